The van der Waals surface area contributed by atoms with Gasteiger partial charge in [-0.15, -0.1) is 5.73 Å². The maximum atomic E-state index is 12.1. The standard InChI is InChI=1S/C20H18O2/c1-2-3-12-19(21)22-20-17-10-6-4-8-15(17)13-14-16-9-5-7-11-18(16)20/h3-11,20H,1,12-14H2. The molecular formula is C20H18O2. The Morgan fingerprint density at radius 1 is 1.09 bits per heavy atom. The zero-order valence-corrected chi connectivity index (χ0v) is 12.4. The lowest BCUT2D eigenvalue weighted by molar-refractivity contribution is -0.146. The van der Waals surface area contributed by atoms with Gasteiger partial charge in [0, 0.05) is 11.1 Å². The van der Waals surface area contributed by atoms with Gasteiger partial charge in [-0.3, -0.25) is 4.79 Å². The molecule has 2 aromatic rings. The summed E-state index contributed by atoms with van der Waals surface area (Å²) >= 11 is 0. The first-order valence-electron chi connectivity index (χ1n) is 7.49. The van der Waals surface area contributed by atoms with Crippen molar-refractivity contribution in [2.24, 2.45) is 0 Å². The van der Waals surface area contributed by atoms with Crippen LogP contribution in [-0.4, -0.2) is 5.97 Å². The zero-order chi connectivity index (χ0) is 15.4. The van der Waals surface area contributed by atoms with Gasteiger partial charge in [-0.1, -0.05) is 55.1 Å². The molecule has 2 heteroatoms. The van der Waals surface area contributed by atoms with E-state index in [4.69, 9.17) is 4.74 Å². The van der Waals surface area contributed by atoms with Crippen LogP contribution < -0.4 is 0 Å². The molecule has 3 rings (SSSR count). The first kappa shape index (κ1) is 14.4. The number of aryl methyl sites for hydroxylation is 2. The van der Waals surface area contributed by atoms with Gasteiger partial charge in [0.2, 0.25) is 0 Å². The zero-order valence-electron chi connectivity index (χ0n) is 12.4. The molecule has 0 heterocycles. The van der Waals surface area contributed by atoms with Gasteiger partial charge in [0.25, 0.3) is 0 Å². The van der Waals surface area contributed by atoms with Crippen molar-refractivity contribution in [3.63, 3.8) is 0 Å². The summed E-state index contributed by atoms with van der Waals surface area (Å²) in [6, 6.07) is 16.4. The molecule has 0 spiro atoms. The first-order chi connectivity index (χ1) is 10.8. The fourth-order valence-electron chi connectivity index (χ4n) is 2.93. The number of benzene rings is 2. The Bertz CT molecular complexity index is 691. The number of ether oxygens (including phenoxy) is 1. The molecule has 0 aliphatic heterocycles. The number of carbonyl (C=O) groups excluding carboxylic acids is 1. The second kappa shape index (κ2) is 6.46. The van der Waals surface area contributed by atoms with Crippen molar-refractivity contribution < 1.29 is 9.53 Å². The highest BCUT2D eigenvalue weighted by molar-refractivity contribution is 5.72. The lowest BCUT2D eigenvalue weighted by atomic mass is 9.97. The summed E-state index contributed by atoms with van der Waals surface area (Å²) in [7, 11) is 0. The molecule has 2 aromatic carbocycles. The molecule has 0 N–H and O–H groups in total. The molecule has 0 radical (unpaired) electrons. The lowest BCUT2D eigenvalue weighted by Gasteiger charge is -2.20. The fourth-order valence-corrected chi connectivity index (χ4v) is 2.93. The monoisotopic (exact) mass is 290 g/mol. The first-order valence-corrected chi connectivity index (χ1v) is 7.49. The maximum absolute atomic E-state index is 12.1. The van der Waals surface area contributed by atoms with Crippen molar-refractivity contribution >= 4 is 5.97 Å². The summed E-state index contributed by atoms with van der Waals surface area (Å²) in [5.74, 6) is -0.257. The molecule has 0 saturated carbocycles. The molecule has 110 valence electrons. The highest BCUT2D eigenvalue weighted by atomic mass is 16.5. The van der Waals surface area contributed by atoms with Gasteiger partial charge in [0.05, 0.1) is 6.42 Å². The van der Waals surface area contributed by atoms with Crippen molar-refractivity contribution in [3.8, 4) is 0 Å². The van der Waals surface area contributed by atoms with E-state index < -0.39 is 0 Å². The van der Waals surface area contributed by atoms with Crippen molar-refractivity contribution in [1.82, 2.24) is 0 Å². The van der Waals surface area contributed by atoms with E-state index in [1.54, 1.807) is 6.08 Å². The predicted molar refractivity (Wildman–Crippen MR) is 86.6 cm³/mol. The van der Waals surface area contributed by atoms with Crippen LogP contribution in [-0.2, 0) is 22.4 Å². The van der Waals surface area contributed by atoms with Crippen molar-refractivity contribution in [2.45, 2.75) is 25.4 Å². The third-order valence-corrected chi connectivity index (χ3v) is 4.00. The largest absolute Gasteiger partial charge is 0.452 e. The van der Waals surface area contributed by atoms with Crippen LogP contribution in [0.15, 0.2) is 66.9 Å². The van der Waals surface area contributed by atoms with E-state index in [0.717, 1.165) is 24.0 Å². The van der Waals surface area contributed by atoms with Crippen LogP contribution in [0.1, 0.15) is 34.8 Å². The Kier molecular flexibility index (Phi) is 4.22. The second-order valence-corrected chi connectivity index (χ2v) is 5.38. The van der Waals surface area contributed by atoms with E-state index in [9.17, 15) is 4.79 Å². The molecule has 0 bridgehead atoms. The van der Waals surface area contributed by atoms with Crippen LogP contribution >= 0.6 is 0 Å². The molecule has 0 amide bonds. The van der Waals surface area contributed by atoms with Gasteiger partial charge in [0.1, 0.15) is 0 Å². The third kappa shape index (κ3) is 2.88. The van der Waals surface area contributed by atoms with Crippen molar-refractivity contribution in [3.05, 3.63) is 89.2 Å². The Balaban J connectivity index is 2.02. The number of rotatable bonds is 3. The summed E-state index contributed by atoms with van der Waals surface area (Å²) < 4.78 is 5.79. The topological polar surface area (TPSA) is 26.3 Å². The van der Waals surface area contributed by atoms with Gasteiger partial charge < -0.3 is 4.74 Å². The summed E-state index contributed by atoms with van der Waals surface area (Å²) in [5, 5.41) is 0. The second-order valence-electron chi connectivity index (χ2n) is 5.38. The molecule has 22 heavy (non-hydrogen) atoms. The van der Waals surface area contributed by atoms with Crippen molar-refractivity contribution in [1.29, 1.82) is 0 Å². The fraction of sp³-hybridized carbons (Fsp3) is 0.200. The van der Waals surface area contributed by atoms with E-state index in [1.165, 1.54) is 11.1 Å². The van der Waals surface area contributed by atoms with Gasteiger partial charge in [-0.25, -0.2) is 0 Å². The average Bonchev–Trinajstić information content (AvgIpc) is 2.71. The Morgan fingerprint density at radius 2 is 1.64 bits per heavy atom. The average molecular weight is 290 g/mol. The predicted octanol–water partition coefficient (Wildman–Crippen LogP) is 4.15. The highest BCUT2D eigenvalue weighted by Crippen LogP contribution is 2.35. The van der Waals surface area contributed by atoms with E-state index in [2.05, 4.69) is 36.6 Å². The number of carbonyl (C=O) groups is 1. The van der Waals surface area contributed by atoms with Gasteiger partial charge >= 0.3 is 5.97 Å². The molecule has 0 fully saturated rings. The number of fused-ring (bicyclic) bond motifs is 2. The van der Waals surface area contributed by atoms with Gasteiger partial charge in [-0.2, -0.15) is 0 Å². The Hall–Kier alpha value is -2.57. The molecule has 0 saturated heterocycles. The summed E-state index contributed by atoms with van der Waals surface area (Å²) in [4.78, 5) is 12.1. The van der Waals surface area contributed by atoms with Crippen LogP contribution in [0.4, 0.5) is 0 Å². The van der Waals surface area contributed by atoms with E-state index >= 15 is 0 Å². The maximum Gasteiger partial charge on any atom is 0.311 e. The van der Waals surface area contributed by atoms with E-state index in [1.807, 2.05) is 24.3 Å². The number of hydrogen-bond acceptors (Lipinski definition) is 2. The summed E-state index contributed by atoms with van der Waals surface area (Å²) in [6.07, 6.45) is 3.39. The van der Waals surface area contributed by atoms with Crippen molar-refractivity contribution in [2.75, 3.05) is 0 Å². The van der Waals surface area contributed by atoms with E-state index in [-0.39, 0.29) is 18.5 Å². The number of hydrogen-bond donors (Lipinski definition) is 0. The van der Waals surface area contributed by atoms with E-state index in [0.29, 0.717) is 0 Å². The third-order valence-electron chi connectivity index (χ3n) is 4.00. The van der Waals surface area contributed by atoms with Crippen LogP contribution in [0.5, 0.6) is 0 Å². The Morgan fingerprint density at radius 3 is 2.18 bits per heavy atom. The number of esters is 1. The van der Waals surface area contributed by atoms with Crippen LogP contribution in [0, 0.1) is 0 Å². The normalized spacial score (nSPS) is 13.3. The smallest absolute Gasteiger partial charge is 0.311 e. The Labute approximate surface area is 130 Å². The molecule has 0 unspecified atom stereocenters. The minimum Gasteiger partial charge on any atom is -0.452 e. The van der Waals surface area contributed by atoms with Crippen LogP contribution in [0.25, 0.3) is 0 Å². The van der Waals surface area contributed by atoms with Gasteiger partial charge in [-0.05, 0) is 30.0 Å². The van der Waals surface area contributed by atoms with Crippen LogP contribution in [0.3, 0.4) is 0 Å². The van der Waals surface area contributed by atoms with Crippen LogP contribution in [0.2, 0.25) is 0 Å². The minimum atomic E-state index is -0.333. The summed E-state index contributed by atoms with van der Waals surface area (Å²) in [6.45, 7) is 3.48. The molecule has 2 nitrogen and oxygen atoms in total. The van der Waals surface area contributed by atoms with Gasteiger partial charge in [0.15, 0.2) is 6.10 Å². The highest BCUT2D eigenvalue weighted by Gasteiger charge is 2.26. The molecular weight excluding hydrogens is 272 g/mol. The lowest BCUT2D eigenvalue weighted by Crippen LogP contribution is -2.13. The summed E-state index contributed by atoms with van der Waals surface area (Å²) in [5.41, 5.74) is 7.28. The molecule has 0 atom stereocenters. The molecule has 0 aromatic heterocycles. The minimum absolute atomic E-state index is 0.199. The molecule has 1 aliphatic carbocycles. The SMILES string of the molecule is C=C=CCC(=O)OC1c2ccccc2CCc2ccccc21. The quantitative estimate of drug-likeness (QED) is 0.627. The molecule has 1 aliphatic rings.